The normalized spacial score (nSPS) is 10.1. The monoisotopic (exact) mass is 169 g/mol. The summed E-state index contributed by atoms with van der Waals surface area (Å²) in [6.45, 7) is 2.72. The Labute approximate surface area is 70.2 Å². The van der Waals surface area contributed by atoms with Gasteiger partial charge in [0.25, 0.3) is 0 Å². The van der Waals surface area contributed by atoms with Crippen molar-refractivity contribution in [2.75, 3.05) is 0 Å². The van der Waals surface area contributed by atoms with Crippen LogP contribution in [0, 0.1) is 10.1 Å². The van der Waals surface area contributed by atoms with E-state index in [1.54, 1.807) is 10.8 Å². The highest BCUT2D eigenvalue weighted by atomic mass is 16.6. The Morgan fingerprint density at radius 1 is 1.75 bits per heavy atom. The minimum Gasteiger partial charge on any atom is -0.390 e. The number of nitrogens with zero attached hydrogens (tertiary/aromatic N) is 3. The molecule has 0 N–H and O–H groups in total. The van der Waals surface area contributed by atoms with Crippen molar-refractivity contribution in [3.8, 4) is 0 Å². The van der Waals surface area contributed by atoms with E-state index in [1.165, 1.54) is 6.20 Å². The van der Waals surface area contributed by atoms with Crippen molar-refractivity contribution in [2.24, 2.45) is 0 Å². The molecule has 0 unspecified atom stereocenters. The van der Waals surface area contributed by atoms with Crippen LogP contribution in [0.2, 0.25) is 0 Å². The van der Waals surface area contributed by atoms with Gasteiger partial charge in [0.05, 0.1) is 6.54 Å². The van der Waals surface area contributed by atoms with Crippen molar-refractivity contribution in [1.29, 1.82) is 0 Å². The van der Waals surface area contributed by atoms with Gasteiger partial charge in [-0.15, -0.1) is 0 Å². The van der Waals surface area contributed by atoms with Gasteiger partial charge in [0.1, 0.15) is 12.4 Å². The van der Waals surface area contributed by atoms with E-state index in [0.29, 0.717) is 6.54 Å². The van der Waals surface area contributed by atoms with Crippen LogP contribution in [-0.4, -0.2) is 14.5 Å². The summed E-state index contributed by atoms with van der Waals surface area (Å²) in [6.07, 6.45) is 5.05. The number of unbranched alkanes of at least 4 members (excludes halogenated alkanes) is 1. The third-order valence-corrected chi connectivity index (χ3v) is 1.61. The Balaban J connectivity index is 2.70. The number of imidazole rings is 1. The van der Waals surface area contributed by atoms with Gasteiger partial charge in [-0.25, -0.2) is 4.57 Å². The van der Waals surface area contributed by atoms with Crippen molar-refractivity contribution in [3.05, 3.63) is 22.5 Å². The number of aromatic nitrogens is 2. The van der Waals surface area contributed by atoms with Gasteiger partial charge in [-0.2, -0.15) is 0 Å². The molecule has 0 spiro atoms. The zero-order valence-electron chi connectivity index (χ0n) is 6.93. The van der Waals surface area contributed by atoms with Gasteiger partial charge in [-0.05, 0) is 11.3 Å². The van der Waals surface area contributed by atoms with Gasteiger partial charge in [0.15, 0.2) is 0 Å². The third-order valence-electron chi connectivity index (χ3n) is 1.61. The molecule has 12 heavy (non-hydrogen) atoms. The molecule has 1 aromatic heterocycles. The van der Waals surface area contributed by atoms with E-state index in [2.05, 4.69) is 4.98 Å². The average molecular weight is 169 g/mol. The molecular weight excluding hydrogens is 158 g/mol. The van der Waals surface area contributed by atoms with Crippen molar-refractivity contribution >= 4 is 5.95 Å². The number of hydrogen-bond acceptors (Lipinski definition) is 3. The topological polar surface area (TPSA) is 61.0 Å². The van der Waals surface area contributed by atoms with Crippen LogP contribution < -0.4 is 0 Å². The molecule has 0 saturated heterocycles. The molecule has 0 aliphatic heterocycles. The first-order valence-electron chi connectivity index (χ1n) is 3.91. The molecule has 0 aliphatic rings. The molecular formula is C7H11N3O2. The molecule has 5 nitrogen and oxygen atoms in total. The predicted molar refractivity (Wildman–Crippen MR) is 43.8 cm³/mol. The molecule has 0 amide bonds. The summed E-state index contributed by atoms with van der Waals surface area (Å²) in [6, 6.07) is 0. The fraction of sp³-hybridized carbons (Fsp3) is 0.571. The number of rotatable bonds is 4. The van der Waals surface area contributed by atoms with Gasteiger partial charge in [-0.1, -0.05) is 18.3 Å². The van der Waals surface area contributed by atoms with E-state index >= 15 is 0 Å². The Morgan fingerprint density at radius 3 is 3.08 bits per heavy atom. The van der Waals surface area contributed by atoms with E-state index in [9.17, 15) is 10.1 Å². The fourth-order valence-electron chi connectivity index (χ4n) is 0.976. The van der Waals surface area contributed by atoms with Crippen molar-refractivity contribution in [2.45, 2.75) is 26.3 Å². The van der Waals surface area contributed by atoms with Crippen molar-refractivity contribution in [1.82, 2.24) is 9.55 Å². The zero-order chi connectivity index (χ0) is 8.97. The maximum atomic E-state index is 10.4. The summed E-state index contributed by atoms with van der Waals surface area (Å²) in [5.74, 6) is -0.0662. The lowest BCUT2D eigenvalue weighted by Crippen LogP contribution is -2.02. The molecule has 1 heterocycles. The molecule has 1 aromatic rings. The van der Waals surface area contributed by atoms with Crippen LogP contribution in [0.15, 0.2) is 12.4 Å². The molecule has 0 aromatic carbocycles. The van der Waals surface area contributed by atoms with E-state index in [4.69, 9.17) is 0 Å². The summed E-state index contributed by atoms with van der Waals surface area (Å²) in [5.41, 5.74) is 0. The molecule has 66 valence electrons. The molecule has 0 radical (unpaired) electrons. The van der Waals surface area contributed by atoms with Crippen LogP contribution >= 0.6 is 0 Å². The largest absolute Gasteiger partial charge is 0.434 e. The predicted octanol–water partition coefficient (Wildman–Crippen LogP) is 1.59. The summed E-state index contributed by atoms with van der Waals surface area (Å²) in [7, 11) is 0. The van der Waals surface area contributed by atoms with Gasteiger partial charge in [0.2, 0.25) is 0 Å². The van der Waals surface area contributed by atoms with Crippen molar-refractivity contribution in [3.63, 3.8) is 0 Å². The van der Waals surface area contributed by atoms with Gasteiger partial charge >= 0.3 is 5.95 Å². The second-order valence-electron chi connectivity index (χ2n) is 2.53. The second kappa shape index (κ2) is 3.85. The van der Waals surface area contributed by atoms with E-state index in [-0.39, 0.29) is 5.95 Å². The van der Waals surface area contributed by atoms with Crippen molar-refractivity contribution < 1.29 is 4.92 Å². The molecule has 0 fully saturated rings. The first-order valence-corrected chi connectivity index (χ1v) is 3.91. The molecule has 0 bridgehead atoms. The number of nitro groups is 1. The van der Waals surface area contributed by atoms with Crippen LogP contribution in [0.3, 0.4) is 0 Å². The lowest BCUT2D eigenvalue weighted by Gasteiger charge is -1.98. The fourth-order valence-corrected chi connectivity index (χ4v) is 0.976. The van der Waals surface area contributed by atoms with E-state index in [0.717, 1.165) is 12.8 Å². The number of aryl methyl sites for hydroxylation is 1. The van der Waals surface area contributed by atoms with Gasteiger partial charge in [0, 0.05) is 0 Å². The zero-order valence-corrected chi connectivity index (χ0v) is 6.93. The van der Waals surface area contributed by atoms with Crippen LogP contribution in [0.1, 0.15) is 19.8 Å². The third kappa shape index (κ3) is 1.81. The van der Waals surface area contributed by atoms with E-state index in [1.807, 2.05) is 6.92 Å². The lowest BCUT2D eigenvalue weighted by molar-refractivity contribution is -0.396. The second-order valence-corrected chi connectivity index (χ2v) is 2.53. The van der Waals surface area contributed by atoms with Crippen LogP contribution in [-0.2, 0) is 6.54 Å². The minimum atomic E-state index is -0.463. The molecule has 1 rings (SSSR count). The average Bonchev–Trinajstić information content (AvgIpc) is 2.48. The Kier molecular flexibility index (Phi) is 2.79. The molecule has 0 aliphatic carbocycles. The standard InChI is InChI=1S/C7H11N3O2/c1-2-3-5-9-6-4-8-7(9)10(11)12/h4,6H,2-3,5H2,1H3. The van der Waals surface area contributed by atoms with Gasteiger partial charge in [-0.3, -0.25) is 0 Å². The summed E-state index contributed by atoms with van der Waals surface area (Å²) < 4.78 is 1.56. The van der Waals surface area contributed by atoms with Crippen LogP contribution in [0.5, 0.6) is 0 Å². The maximum absolute atomic E-state index is 10.4. The smallest absolute Gasteiger partial charge is 0.390 e. The lowest BCUT2D eigenvalue weighted by atomic mass is 10.3. The van der Waals surface area contributed by atoms with E-state index < -0.39 is 4.92 Å². The summed E-state index contributed by atoms with van der Waals surface area (Å²) in [4.78, 5) is 13.5. The highest BCUT2D eigenvalue weighted by molar-refractivity contribution is 5.06. The highest BCUT2D eigenvalue weighted by Crippen LogP contribution is 2.08. The summed E-state index contributed by atoms with van der Waals surface area (Å²) in [5, 5.41) is 10.4. The molecule has 0 saturated carbocycles. The van der Waals surface area contributed by atoms with Crippen LogP contribution in [0.4, 0.5) is 5.95 Å². The first kappa shape index (κ1) is 8.70. The number of hydrogen-bond donors (Lipinski definition) is 0. The summed E-state index contributed by atoms with van der Waals surface area (Å²) >= 11 is 0. The molecule has 5 heteroatoms. The maximum Gasteiger partial charge on any atom is 0.434 e. The SMILES string of the molecule is CCCCn1ccnc1[N+](=O)[O-]. The highest BCUT2D eigenvalue weighted by Gasteiger charge is 2.12. The Morgan fingerprint density at radius 2 is 2.50 bits per heavy atom. The van der Waals surface area contributed by atoms with Crippen LogP contribution in [0.25, 0.3) is 0 Å². The quantitative estimate of drug-likeness (QED) is 0.508. The first-order chi connectivity index (χ1) is 5.75. The molecule has 0 atom stereocenters. The Bertz CT molecular complexity index is 269. The Hall–Kier alpha value is -1.39. The minimum absolute atomic E-state index is 0.0662. The van der Waals surface area contributed by atoms with Gasteiger partial charge < -0.3 is 10.1 Å².